The minimum absolute atomic E-state index is 0.0534. The fraction of sp³-hybridized carbons (Fsp3) is 0.364. The average molecular weight is 350 g/mol. The molecule has 2 atom stereocenters. The van der Waals surface area contributed by atoms with E-state index in [9.17, 15) is 9.59 Å². The van der Waals surface area contributed by atoms with Crippen LogP contribution in [0.4, 0.5) is 5.69 Å². The standard InChI is InChI=1S/C22H26N2O2/c1-4-15(3)20(21(25)23-18-12-10-16(5-2)11-13-18)24-14-17-8-6-7-9-19(17)22(24)26/h6-13,15,20H,4-5,14H2,1-3H3,(H,23,25)/t15-,20+/m1/s1. The summed E-state index contributed by atoms with van der Waals surface area (Å²) in [5, 5.41) is 3.00. The molecule has 0 bridgehead atoms. The highest BCUT2D eigenvalue weighted by Gasteiger charge is 2.38. The predicted molar refractivity (Wildman–Crippen MR) is 104 cm³/mol. The van der Waals surface area contributed by atoms with Crippen molar-refractivity contribution in [1.82, 2.24) is 4.90 Å². The van der Waals surface area contributed by atoms with Gasteiger partial charge in [-0.15, -0.1) is 0 Å². The van der Waals surface area contributed by atoms with Crippen LogP contribution in [0.5, 0.6) is 0 Å². The highest BCUT2D eigenvalue weighted by molar-refractivity contribution is 6.03. The van der Waals surface area contributed by atoms with E-state index in [0.29, 0.717) is 12.1 Å². The van der Waals surface area contributed by atoms with Gasteiger partial charge >= 0.3 is 0 Å². The van der Waals surface area contributed by atoms with Gasteiger partial charge in [-0.1, -0.05) is 57.5 Å². The van der Waals surface area contributed by atoms with E-state index in [1.807, 2.05) is 55.5 Å². The topological polar surface area (TPSA) is 49.4 Å². The number of hydrogen-bond acceptors (Lipinski definition) is 2. The Morgan fingerprint density at radius 2 is 1.81 bits per heavy atom. The molecule has 2 amide bonds. The van der Waals surface area contributed by atoms with Crippen LogP contribution in [-0.2, 0) is 17.8 Å². The molecule has 0 fully saturated rings. The number of fused-ring (bicyclic) bond motifs is 1. The molecule has 1 N–H and O–H groups in total. The van der Waals surface area contributed by atoms with E-state index in [-0.39, 0.29) is 17.7 Å². The number of nitrogens with zero attached hydrogens (tertiary/aromatic N) is 1. The number of nitrogens with one attached hydrogen (secondary N) is 1. The van der Waals surface area contributed by atoms with Crippen molar-refractivity contribution < 1.29 is 9.59 Å². The summed E-state index contributed by atoms with van der Waals surface area (Å²) < 4.78 is 0. The van der Waals surface area contributed by atoms with Gasteiger partial charge in [0.15, 0.2) is 0 Å². The van der Waals surface area contributed by atoms with Gasteiger partial charge in [0, 0.05) is 17.8 Å². The first kappa shape index (κ1) is 18.2. The van der Waals surface area contributed by atoms with Gasteiger partial charge in [0.1, 0.15) is 6.04 Å². The highest BCUT2D eigenvalue weighted by atomic mass is 16.2. The molecule has 4 heteroatoms. The number of carbonyl (C=O) groups is 2. The van der Waals surface area contributed by atoms with Gasteiger partial charge in [-0.3, -0.25) is 9.59 Å². The highest BCUT2D eigenvalue weighted by Crippen LogP contribution is 2.28. The lowest BCUT2D eigenvalue weighted by Crippen LogP contribution is -2.48. The van der Waals surface area contributed by atoms with Gasteiger partial charge in [0.2, 0.25) is 5.91 Å². The second-order valence-corrected chi connectivity index (χ2v) is 6.96. The summed E-state index contributed by atoms with van der Waals surface area (Å²) in [5.74, 6) is -0.102. The smallest absolute Gasteiger partial charge is 0.255 e. The largest absolute Gasteiger partial charge is 0.324 e. The summed E-state index contributed by atoms with van der Waals surface area (Å²) in [6, 6.07) is 15.0. The maximum absolute atomic E-state index is 13.0. The zero-order chi connectivity index (χ0) is 18.7. The Kier molecular flexibility index (Phi) is 5.40. The van der Waals surface area contributed by atoms with Crippen LogP contribution in [0.2, 0.25) is 0 Å². The average Bonchev–Trinajstić information content (AvgIpc) is 2.99. The van der Waals surface area contributed by atoms with Crippen molar-refractivity contribution in [2.75, 3.05) is 5.32 Å². The van der Waals surface area contributed by atoms with Crippen molar-refractivity contribution in [1.29, 1.82) is 0 Å². The molecule has 2 aromatic carbocycles. The van der Waals surface area contributed by atoms with E-state index in [1.54, 1.807) is 4.90 Å². The van der Waals surface area contributed by atoms with Gasteiger partial charge in [-0.25, -0.2) is 0 Å². The Bertz CT molecular complexity index is 798. The van der Waals surface area contributed by atoms with E-state index in [1.165, 1.54) is 5.56 Å². The Hall–Kier alpha value is -2.62. The monoisotopic (exact) mass is 350 g/mol. The number of hydrogen-bond donors (Lipinski definition) is 1. The molecule has 1 heterocycles. The van der Waals surface area contributed by atoms with E-state index in [0.717, 1.165) is 24.1 Å². The quantitative estimate of drug-likeness (QED) is 0.846. The van der Waals surface area contributed by atoms with E-state index >= 15 is 0 Å². The molecule has 0 spiro atoms. The molecule has 3 rings (SSSR count). The third-order valence-electron chi connectivity index (χ3n) is 5.27. The summed E-state index contributed by atoms with van der Waals surface area (Å²) in [7, 11) is 0. The molecular formula is C22H26N2O2. The van der Waals surface area contributed by atoms with Gasteiger partial charge in [0.05, 0.1) is 0 Å². The third kappa shape index (κ3) is 3.50. The van der Waals surface area contributed by atoms with Crippen LogP contribution >= 0.6 is 0 Å². The second kappa shape index (κ2) is 7.73. The van der Waals surface area contributed by atoms with Crippen LogP contribution in [-0.4, -0.2) is 22.8 Å². The van der Waals surface area contributed by atoms with Crippen molar-refractivity contribution in [3.8, 4) is 0 Å². The van der Waals surface area contributed by atoms with Crippen LogP contribution in [0.3, 0.4) is 0 Å². The Morgan fingerprint density at radius 3 is 2.42 bits per heavy atom. The number of carbonyl (C=O) groups excluding carboxylic acids is 2. The maximum Gasteiger partial charge on any atom is 0.255 e. The lowest BCUT2D eigenvalue weighted by atomic mass is 9.96. The van der Waals surface area contributed by atoms with Crippen LogP contribution < -0.4 is 5.32 Å². The van der Waals surface area contributed by atoms with Crippen LogP contribution in [0, 0.1) is 5.92 Å². The number of amides is 2. The Labute approximate surface area is 155 Å². The first-order chi connectivity index (χ1) is 12.5. The summed E-state index contributed by atoms with van der Waals surface area (Å²) in [4.78, 5) is 27.6. The van der Waals surface area contributed by atoms with Gasteiger partial charge in [0.25, 0.3) is 5.91 Å². The molecule has 0 aliphatic carbocycles. The maximum atomic E-state index is 13.0. The van der Waals surface area contributed by atoms with Crippen molar-refractivity contribution in [2.24, 2.45) is 5.92 Å². The molecule has 1 aliphatic heterocycles. The first-order valence-corrected chi connectivity index (χ1v) is 9.33. The summed E-state index contributed by atoms with van der Waals surface area (Å²) in [6.07, 6.45) is 1.79. The predicted octanol–water partition coefficient (Wildman–Crippen LogP) is 4.26. The Balaban J connectivity index is 1.82. The SMILES string of the molecule is CCc1ccc(NC(=O)[C@H]([C@H](C)CC)N2Cc3ccccc3C2=O)cc1. The molecule has 2 aromatic rings. The molecule has 0 aromatic heterocycles. The van der Waals surface area contributed by atoms with Crippen molar-refractivity contribution >= 4 is 17.5 Å². The van der Waals surface area contributed by atoms with Crippen molar-refractivity contribution in [2.45, 2.75) is 46.2 Å². The fourth-order valence-corrected chi connectivity index (χ4v) is 3.47. The number of anilines is 1. The molecule has 0 saturated carbocycles. The summed E-state index contributed by atoms with van der Waals surface area (Å²) in [6.45, 7) is 6.67. The molecule has 0 saturated heterocycles. The van der Waals surface area contributed by atoms with Crippen LogP contribution in [0.15, 0.2) is 48.5 Å². The number of rotatable bonds is 6. The van der Waals surface area contributed by atoms with Gasteiger partial charge < -0.3 is 10.2 Å². The molecule has 136 valence electrons. The number of benzene rings is 2. The molecule has 4 nitrogen and oxygen atoms in total. The van der Waals surface area contributed by atoms with Gasteiger partial charge in [-0.05, 0) is 41.7 Å². The van der Waals surface area contributed by atoms with E-state index in [2.05, 4.69) is 19.2 Å². The van der Waals surface area contributed by atoms with Crippen molar-refractivity contribution in [3.63, 3.8) is 0 Å². The van der Waals surface area contributed by atoms with E-state index < -0.39 is 6.04 Å². The van der Waals surface area contributed by atoms with E-state index in [4.69, 9.17) is 0 Å². The van der Waals surface area contributed by atoms with Crippen molar-refractivity contribution in [3.05, 3.63) is 65.2 Å². The lowest BCUT2D eigenvalue weighted by molar-refractivity contribution is -0.122. The Morgan fingerprint density at radius 1 is 1.12 bits per heavy atom. The molecule has 1 aliphatic rings. The molecule has 0 unspecified atom stereocenters. The summed E-state index contributed by atoms with van der Waals surface area (Å²) >= 11 is 0. The molecule has 0 radical (unpaired) electrons. The third-order valence-corrected chi connectivity index (χ3v) is 5.27. The minimum Gasteiger partial charge on any atom is -0.324 e. The minimum atomic E-state index is -0.481. The zero-order valence-corrected chi connectivity index (χ0v) is 15.7. The lowest BCUT2D eigenvalue weighted by Gasteiger charge is -2.31. The van der Waals surface area contributed by atoms with Crippen LogP contribution in [0.1, 0.15) is 48.7 Å². The summed E-state index contributed by atoms with van der Waals surface area (Å²) in [5.41, 5.74) is 3.70. The molecule has 26 heavy (non-hydrogen) atoms. The molecular weight excluding hydrogens is 324 g/mol. The fourth-order valence-electron chi connectivity index (χ4n) is 3.47. The second-order valence-electron chi connectivity index (χ2n) is 6.96. The normalized spacial score (nSPS) is 15.5. The zero-order valence-electron chi connectivity index (χ0n) is 15.7. The van der Waals surface area contributed by atoms with Gasteiger partial charge in [-0.2, -0.15) is 0 Å². The van der Waals surface area contributed by atoms with Crippen LogP contribution in [0.25, 0.3) is 0 Å². The first-order valence-electron chi connectivity index (χ1n) is 9.33. The number of aryl methyl sites for hydroxylation is 1.